The Kier molecular flexibility index (Phi) is 1.63. The van der Waals surface area contributed by atoms with Crippen LogP contribution in [0.15, 0.2) is 12.4 Å². The largest absolute Gasteiger partial charge is 0.266 e. The maximum Gasteiger partial charge on any atom is 0.180 e. The van der Waals surface area contributed by atoms with E-state index in [0.717, 1.165) is 17.9 Å². The summed E-state index contributed by atoms with van der Waals surface area (Å²) in [6.07, 6.45) is 4.45. The fraction of sp³-hybridized carbons (Fsp3) is 0.500. The Morgan fingerprint density at radius 1 is 1.40 bits per heavy atom. The zero-order chi connectivity index (χ0) is 10.6. The Morgan fingerprint density at radius 3 is 2.80 bits per heavy atom. The van der Waals surface area contributed by atoms with Crippen molar-refractivity contribution < 1.29 is 0 Å². The van der Waals surface area contributed by atoms with Crippen LogP contribution < -0.4 is 0 Å². The lowest BCUT2D eigenvalue weighted by Crippen LogP contribution is -1.98. The van der Waals surface area contributed by atoms with Gasteiger partial charge in [-0.3, -0.25) is 9.38 Å². The molecule has 3 rings (SSSR count). The summed E-state index contributed by atoms with van der Waals surface area (Å²) in [6, 6.07) is 0. The third-order valence-electron chi connectivity index (χ3n) is 3.12. The van der Waals surface area contributed by atoms with Gasteiger partial charge in [-0.05, 0) is 11.8 Å². The number of hydrogen-bond donors (Lipinski definition) is 0. The molecule has 0 amide bonds. The van der Waals surface area contributed by atoms with Crippen LogP contribution in [0.2, 0.25) is 5.15 Å². The van der Waals surface area contributed by atoms with E-state index in [9.17, 15) is 0 Å². The summed E-state index contributed by atoms with van der Waals surface area (Å²) < 4.78 is 1.88. The van der Waals surface area contributed by atoms with Crippen LogP contribution in [0.25, 0.3) is 5.65 Å². The average Bonchev–Trinajstić information content (AvgIpc) is 2.62. The number of fused-ring (bicyclic) bond motifs is 1. The van der Waals surface area contributed by atoms with Gasteiger partial charge in [-0.25, -0.2) is 0 Å². The Balaban J connectivity index is 2.21. The topological polar surface area (TPSA) is 43.1 Å². The van der Waals surface area contributed by atoms with Crippen LogP contribution in [-0.4, -0.2) is 19.6 Å². The molecular formula is C10H11ClN4. The van der Waals surface area contributed by atoms with Crippen molar-refractivity contribution in [2.75, 3.05) is 0 Å². The molecule has 0 N–H and O–H groups in total. The zero-order valence-electron chi connectivity index (χ0n) is 8.61. The summed E-state index contributed by atoms with van der Waals surface area (Å²) in [5.41, 5.74) is 1.05. The van der Waals surface area contributed by atoms with Crippen LogP contribution in [0, 0.1) is 5.41 Å². The van der Waals surface area contributed by atoms with Crippen LogP contribution in [-0.2, 0) is 0 Å². The number of hydrogen-bond acceptors (Lipinski definition) is 3. The molecule has 1 aliphatic carbocycles. The summed E-state index contributed by atoms with van der Waals surface area (Å²) in [4.78, 5) is 3.99. The highest BCUT2D eigenvalue weighted by atomic mass is 35.5. The van der Waals surface area contributed by atoms with Gasteiger partial charge in [0.25, 0.3) is 0 Å². The molecular weight excluding hydrogens is 212 g/mol. The monoisotopic (exact) mass is 222 g/mol. The predicted molar refractivity (Wildman–Crippen MR) is 56.9 cm³/mol. The quantitative estimate of drug-likeness (QED) is 0.744. The van der Waals surface area contributed by atoms with Gasteiger partial charge < -0.3 is 0 Å². The summed E-state index contributed by atoms with van der Waals surface area (Å²) in [6.45, 7) is 4.46. The van der Waals surface area contributed by atoms with Crippen molar-refractivity contribution >= 4 is 17.2 Å². The molecule has 1 aliphatic rings. The molecule has 2 aromatic heterocycles. The molecule has 0 saturated heterocycles. The molecule has 4 nitrogen and oxygen atoms in total. The number of aromatic nitrogens is 4. The van der Waals surface area contributed by atoms with Gasteiger partial charge in [0.1, 0.15) is 11.0 Å². The molecule has 15 heavy (non-hydrogen) atoms. The third-order valence-corrected chi connectivity index (χ3v) is 3.39. The first-order chi connectivity index (χ1) is 7.09. The van der Waals surface area contributed by atoms with E-state index in [0.29, 0.717) is 16.5 Å². The van der Waals surface area contributed by atoms with E-state index in [1.807, 2.05) is 4.40 Å². The van der Waals surface area contributed by atoms with Crippen molar-refractivity contribution in [2.45, 2.75) is 26.2 Å². The minimum atomic E-state index is 0.329. The summed E-state index contributed by atoms with van der Waals surface area (Å²) in [5.74, 6) is 1.43. The molecule has 2 heterocycles. The summed E-state index contributed by atoms with van der Waals surface area (Å²) >= 11 is 6.09. The van der Waals surface area contributed by atoms with Crippen LogP contribution >= 0.6 is 11.6 Å². The molecule has 1 fully saturated rings. The van der Waals surface area contributed by atoms with Gasteiger partial charge in [-0.15, -0.1) is 10.2 Å². The van der Waals surface area contributed by atoms with Crippen molar-refractivity contribution in [3.05, 3.63) is 23.4 Å². The van der Waals surface area contributed by atoms with Crippen LogP contribution in [0.4, 0.5) is 0 Å². The Hall–Kier alpha value is -1.16. The molecule has 2 aromatic rings. The standard InChI is InChI=1S/C10H11ClN4/c1-10(2)3-6(10)9-14-13-8-5-12-4-7(11)15(8)9/h4-6H,3H2,1-2H3. The summed E-state index contributed by atoms with van der Waals surface area (Å²) in [7, 11) is 0. The van der Waals surface area contributed by atoms with Gasteiger partial charge in [0.05, 0.1) is 12.4 Å². The number of nitrogens with zero attached hydrogens (tertiary/aromatic N) is 4. The van der Waals surface area contributed by atoms with Crippen molar-refractivity contribution in [1.82, 2.24) is 19.6 Å². The molecule has 5 heteroatoms. The lowest BCUT2D eigenvalue weighted by molar-refractivity contribution is 0.605. The second kappa shape index (κ2) is 2.70. The van der Waals surface area contributed by atoms with Crippen LogP contribution in [0.1, 0.15) is 32.0 Å². The van der Waals surface area contributed by atoms with E-state index in [2.05, 4.69) is 29.0 Å². The van der Waals surface area contributed by atoms with Gasteiger partial charge in [-0.2, -0.15) is 0 Å². The van der Waals surface area contributed by atoms with Gasteiger partial charge >= 0.3 is 0 Å². The smallest absolute Gasteiger partial charge is 0.180 e. The molecule has 0 bridgehead atoms. The second-order valence-electron chi connectivity index (χ2n) is 4.73. The van der Waals surface area contributed by atoms with Crippen LogP contribution in [0.3, 0.4) is 0 Å². The zero-order valence-corrected chi connectivity index (χ0v) is 9.36. The minimum Gasteiger partial charge on any atom is -0.266 e. The van der Waals surface area contributed by atoms with E-state index in [-0.39, 0.29) is 0 Å². The average molecular weight is 223 g/mol. The molecule has 1 atom stereocenters. The normalized spacial score (nSPS) is 23.3. The third kappa shape index (κ3) is 1.24. The highest BCUT2D eigenvalue weighted by molar-refractivity contribution is 6.29. The van der Waals surface area contributed by atoms with Crippen molar-refractivity contribution in [3.8, 4) is 0 Å². The Bertz CT molecular complexity index is 531. The van der Waals surface area contributed by atoms with E-state index >= 15 is 0 Å². The van der Waals surface area contributed by atoms with Crippen molar-refractivity contribution in [2.24, 2.45) is 5.41 Å². The van der Waals surface area contributed by atoms with E-state index < -0.39 is 0 Å². The van der Waals surface area contributed by atoms with Crippen LogP contribution in [0.5, 0.6) is 0 Å². The Labute approximate surface area is 92.3 Å². The SMILES string of the molecule is CC1(C)CC1c1nnc2cncc(Cl)n12. The predicted octanol–water partition coefficient (Wildman–Crippen LogP) is 2.29. The van der Waals surface area contributed by atoms with E-state index in [1.54, 1.807) is 12.4 Å². The van der Waals surface area contributed by atoms with Gasteiger partial charge in [-0.1, -0.05) is 25.4 Å². The minimum absolute atomic E-state index is 0.329. The first kappa shape index (κ1) is 9.09. The first-order valence-corrected chi connectivity index (χ1v) is 5.32. The molecule has 0 aliphatic heterocycles. The molecule has 0 aromatic carbocycles. The fourth-order valence-electron chi connectivity index (χ4n) is 1.97. The first-order valence-electron chi connectivity index (χ1n) is 4.94. The van der Waals surface area contributed by atoms with E-state index in [4.69, 9.17) is 11.6 Å². The van der Waals surface area contributed by atoms with Gasteiger partial charge in [0.15, 0.2) is 5.65 Å². The highest BCUT2D eigenvalue weighted by Gasteiger charge is 2.49. The molecule has 78 valence electrons. The summed E-state index contributed by atoms with van der Waals surface area (Å²) in [5, 5.41) is 8.85. The maximum absolute atomic E-state index is 6.09. The van der Waals surface area contributed by atoms with Gasteiger partial charge in [0.2, 0.25) is 0 Å². The maximum atomic E-state index is 6.09. The molecule has 0 spiro atoms. The molecule has 1 unspecified atom stereocenters. The fourth-order valence-corrected chi connectivity index (χ4v) is 2.20. The van der Waals surface area contributed by atoms with Crippen molar-refractivity contribution in [3.63, 3.8) is 0 Å². The number of rotatable bonds is 1. The second-order valence-corrected chi connectivity index (χ2v) is 5.11. The highest BCUT2D eigenvalue weighted by Crippen LogP contribution is 2.58. The molecule has 1 saturated carbocycles. The molecule has 0 radical (unpaired) electrons. The lowest BCUT2D eigenvalue weighted by Gasteiger charge is -2.02. The number of halogens is 1. The Morgan fingerprint density at radius 2 is 2.13 bits per heavy atom. The van der Waals surface area contributed by atoms with Crippen molar-refractivity contribution in [1.29, 1.82) is 0 Å². The van der Waals surface area contributed by atoms with E-state index in [1.165, 1.54) is 0 Å². The van der Waals surface area contributed by atoms with Gasteiger partial charge in [0, 0.05) is 5.92 Å². The lowest BCUT2D eigenvalue weighted by atomic mass is 10.1.